The lowest BCUT2D eigenvalue weighted by atomic mass is 9.98. The molecule has 1 aliphatic rings. The van der Waals surface area contributed by atoms with Crippen molar-refractivity contribution in [3.05, 3.63) is 60.0 Å². The molecule has 0 aliphatic heterocycles. The number of halogens is 3. The number of carboxylic acid groups (broad SMARTS) is 1. The zero-order valence-electron chi connectivity index (χ0n) is 17.8. The first-order valence-corrected chi connectivity index (χ1v) is 10.4. The molecule has 172 valence electrons. The number of anilines is 3. The number of nitrogens with one attached hydrogen (secondary N) is 2. The van der Waals surface area contributed by atoms with Gasteiger partial charge in [-0.05, 0) is 61.2 Å². The van der Waals surface area contributed by atoms with Crippen molar-refractivity contribution in [3.8, 4) is 11.1 Å². The van der Waals surface area contributed by atoms with Gasteiger partial charge in [-0.15, -0.1) is 0 Å². The van der Waals surface area contributed by atoms with Crippen LogP contribution in [0.25, 0.3) is 11.1 Å². The molecular weight excluding hydrogens is 435 g/mol. The molecule has 2 heterocycles. The molecule has 0 saturated heterocycles. The fourth-order valence-corrected chi connectivity index (χ4v) is 3.98. The van der Waals surface area contributed by atoms with Gasteiger partial charge in [-0.3, -0.25) is 0 Å². The molecule has 0 amide bonds. The molecule has 1 fully saturated rings. The predicted octanol–water partition coefficient (Wildman–Crippen LogP) is 5.42. The van der Waals surface area contributed by atoms with Gasteiger partial charge in [0.1, 0.15) is 17.1 Å². The molecule has 33 heavy (non-hydrogen) atoms. The average Bonchev–Trinajstić information content (AvgIpc) is 3.23. The highest BCUT2D eigenvalue weighted by atomic mass is 19.4. The van der Waals surface area contributed by atoms with Gasteiger partial charge in [0.15, 0.2) is 0 Å². The number of aryl methyl sites for hydroxylation is 1. The monoisotopic (exact) mass is 457 g/mol. The third-order valence-corrected chi connectivity index (χ3v) is 5.61. The fourth-order valence-electron chi connectivity index (χ4n) is 3.98. The number of hydrogen-bond acceptors (Lipinski definition) is 6. The van der Waals surface area contributed by atoms with Crippen LogP contribution < -0.4 is 10.6 Å². The van der Waals surface area contributed by atoms with Gasteiger partial charge in [-0.25, -0.2) is 19.7 Å². The van der Waals surface area contributed by atoms with E-state index >= 15 is 0 Å². The van der Waals surface area contributed by atoms with Gasteiger partial charge in [-0.1, -0.05) is 18.9 Å². The Bertz CT molecular complexity index is 1160. The second-order valence-corrected chi connectivity index (χ2v) is 8.13. The first kappa shape index (κ1) is 22.5. The molecule has 0 atom stereocenters. The Morgan fingerprint density at radius 3 is 2.45 bits per heavy atom. The Hall–Kier alpha value is -3.69. The molecule has 0 unspecified atom stereocenters. The van der Waals surface area contributed by atoms with Crippen LogP contribution >= 0.6 is 0 Å². The van der Waals surface area contributed by atoms with Crippen molar-refractivity contribution in [1.29, 1.82) is 0 Å². The topological polar surface area (TPSA) is 100 Å². The van der Waals surface area contributed by atoms with Gasteiger partial charge in [-0.2, -0.15) is 13.2 Å². The fraction of sp³-hybridized carbons (Fsp3) is 0.304. The van der Waals surface area contributed by atoms with E-state index in [1.807, 2.05) is 19.1 Å². The van der Waals surface area contributed by atoms with E-state index < -0.39 is 23.4 Å². The van der Waals surface area contributed by atoms with Crippen molar-refractivity contribution >= 4 is 23.4 Å². The van der Waals surface area contributed by atoms with Gasteiger partial charge >= 0.3 is 12.1 Å². The standard InChI is InChI=1S/C23H22F3N5O2/c1-14-10-16(12-17(11-14)29-21-27-9-6-18(30-21)23(24,25)26)15-4-5-19(28-13-15)31-22(20(32)33)7-2-3-8-22/h4-6,9-13H,2-3,7-8H2,1H3,(H,28,31)(H,32,33)(H,27,29,30). The number of carboxylic acids is 1. The largest absolute Gasteiger partial charge is 0.480 e. The van der Waals surface area contributed by atoms with Crippen LogP contribution in [0.2, 0.25) is 0 Å². The summed E-state index contributed by atoms with van der Waals surface area (Å²) in [7, 11) is 0. The Balaban J connectivity index is 1.55. The Morgan fingerprint density at radius 2 is 1.82 bits per heavy atom. The van der Waals surface area contributed by atoms with Crippen molar-refractivity contribution in [1.82, 2.24) is 15.0 Å². The Kier molecular flexibility index (Phi) is 5.92. The van der Waals surface area contributed by atoms with Crippen LogP contribution in [-0.2, 0) is 11.0 Å². The summed E-state index contributed by atoms with van der Waals surface area (Å²) in [6.07, 6.45) is 0.936. The van der Waals surface area contributed by atoms with E-state index in [-0.39, 0.29) is 5.95 Å². The minimum absolute atomic E-state index is 0.158. The number of aliphatic carboxylic acids is 1. The number of carbonyl (C=O) groups is 1. The van der Waals surface area contributed by atoms with Gasteiger partial charge in [0.25, 0.3) is 0 Å². The molecule has 3 aromatic rings. The quantitative estimate of drug-likeness (QED) is 0.455. The highest BCUT2D eigenvalue weighted by Gasteiger charge is 2.41. The van der Waals surface area contributed by atoms with Gasteiger partial charge in [0.2, 0.25) is 5.95 Å². The van der Waals surface area contributed by atoms with Crippen LogP contribution in [0.4, 0.5) is 30.6 Å². The maximum absolute atomic E-state index is 12.9. The molecule has 2 aromatic heterocycles. The first-order valence-electron chi connectivity index (χ1n) is 10.4. The summed E-state index contributed by atoms with van der Waals surface area (Å²) >= 11 is 0. The van der Waals surface area contributed by atoms with E-state index in [1.165, 1.54) is 0 Å². The summed E-state index contributed by atoms with van der Waals surface area (Å²) < 4.78 is 38.8. The second kappa shape index (κ2) is 8.68. The summed E-state index contributed by atoms with van der Waals surface area (Å²) in [6, 6.07) is 9.80. The minimum Gasteiger partial charge on any atom is -0.480 e. The number of rotatable bonds is 6. The molecule has 4 rings (SSSR count). The summed E-state index contributed by atoms with van der Waals surface area (Å²) in [5.74, 6) is -0.557. The number of alkyl halides is 3. The summed E-state index contributed by atoms with van der Waals surface area (Å²) in [4.78, 5) is 23.5. The van der Waals surface area contributed by atoms with Crippen LogP contribution in [-0.4, -0.2) is 31.6 Å². The van der Waals surface area contributed by atoms with Crippen molar-refractivity contribution in [2.75, 3.05) is 10.6 Å². The van der Waals surface area contributed by atoms with Crippen molar-refractivity contribution in [2.45, 2.75) is 44.3 Å². The lowest BCUT2D eigenvalue weighted by Crippen LogP contribution is -2.43. The normalized spacial score (nSPS) is 15.3. The van der Waals surface area contributed by atoms with E-state index in [2.05, 4.69) is 25.6 Å². The molecule has 1 aromatic carbocycles. The van der Waals surface area contributed by atoms with Crippen LogP contribution in [0.1, 0.15) is 36.9 Å². The van der Waals surface area contributed by atoms with Gasteiger partial charge < -0.3 is 15.7 Å². The molecule has 0 bridgehead atoms. The number of hydrogen-bond donors (Lipinski definition) is 3. The van der Waals surface area contributed by atoms with Crippen LogP contribution in [0.15, 0.2) is 48.8 Å². The summed E-state index contributed by atoms with van der Waals surface area (Å²) in [5.41, 5.74) is 0.953. The zero-order chi connectivity index (χ0) is 23.6. The Morgan fingerprint density at radius 1 is 1.06 bits per heavy atom. The number of nitrogens with zero attached hydrogens (tertiary/aromatic N) is 3. The summed E-state index contributed by atoms with van der Waals surface area (Å²) in [6.45, 7) is 1.86. The molecule has 10 heteroatoms. The van der Waals surface area contributed by atoms with E-state index in [4.69, 9.17) is 0 Å². The molecule has 1 saturated carbocycles. The smallest absolute Gasteiger partial charge is 0.433 e. The minimum atomic E-state index is -4.56. The molecular formula is C23H22F3N5O2. The zero-order valence-corrected chi connectivity index (χ0v) is 17.8. The molecule has 7 nitrogen and oxygen atoms in total. The lowest BCUT2D eigenvalue weighted by molar-refractivity contribution is -0.142. The third-order valence-electron chi connectivity index (χ3n) is 5.61. The van der Waals surface area contributed by atoms with Crippen molar-refractivity contribution < 1.29 is 23.1 Å². The maximum Gasteiger partial charge on any atom is 0.433 e. The van der Waals surface area contributed by atoms with Crippen LogP contribution in [0.5, 0.6) is 0 Å². The SMILES string of the molecule is Cc1cc(Nc2nccc(C(F)(F)F)n2)cc(-c2ccc(NC3(C(=O)O)CCCC3)nc2)c1. The molecule has 0 radical (unpaired) electrons. The van der Waals surface area contributed by atoms with Crippen molar-refractivity contribution in [2.24, 2.45) is 0 Å². The molecule has 3 N–H and O–H groups in total. The van der Waals surface area contributed by atoms with Crippen molar-refractivity contribution in [3.63, 3.8) is 0 Å². The van der Waals surface area contributed by atoms with E-state index in [0.29, 0.717) is 24.3 Å². The summed E-state index contributed by atoms with van der Waals surface area (Å²) in [5, 5.41) is 15.5. The highest BCUT2D eigenvalue weighted by Crippen LogP contribution is 2.34. The van der Waals surface area contributed by atoms with E-state index in [0.717, 1.165) is 41.8 Å². The van der Waals surface area contributed by atoms with Gasteiger partial charge in [0.05, 0.1) is 0 Å². The third kappa shape index (κ3) is 5.05. The highest BCUT2D eigenvalue weighted by molar-refractivity contribution is 5.83. The predicted molar refractivity (Wildman–Crippen MR) is 117 cm³/mol. The second-order valence-electron chi connectivity index (χ2n) is 8.13. The van der Waals surface area contributed by atoms with Crippen LogP contribution in [0.3, 0.4) is 0 Å². The van der Waals surface area contributed by atoms with E-state index in [9.17, 15) is 23.1 Å². The number of pyridine rings is 1. The average molecular weight is 457 g/mol. The van der Waals surface area contributed by atoms with E-state index in [1.54, 1.807) is 24.4 Å². The number of benzene rings is 1. The number of aromatic nitrogens is 3. The Labute approximate surface area is 188 Å². The lowest BCUT2D eigenvalue weighted by Gasteiger charge is -2.26. The maximum atomic E-state index is 12.9. The van der Waals surface area contributed by atoms with Gasteiger partial charge in [0, 0.05) is 23.6 Å². The molecule has 1 aliphatic carbocycles. The molecule has 0 spiro atoms. The van der Waals surface area contributed by atoms with Crippen LogP contribution in [0, 0.1) is 6.92 Å². The first-order chi connectivity index (χ1) is 15.6.